The number of benzene rings is 1. The van der Waals surface area contributed by atoms with E-state index in [0.717, 1.165) is 16.5 Å². The fourth-order valence-corrected chi connectivity index (χ4v) is 3.28. The van der Waals surface area contributed by atoms with Crippen LogP contribution in [0.1, 0.15) is 18.9 Å². The Balaban J connectivity index is 1.56. The molecule has 1 aliphatic heterocycles. The minimum atomic E-state index is -0.478. The molecule has 0 unspecified atom stereocenters. The van der Waals surface area contributed by atoms with E-state index in [0.29, 0.717) is 39.1 Å². The molecule has 1 aromatic heterocycles. The van der Waals surface area contributed by atoms with Crippen LogP contribution in [-0.2, 0) is 11.2 Å². The number of aromatic amines is 1. The van der Waals surface area contributed by atoms with Crippen molar-refractivity contribution in [2.75, 3.05) is 26.3 Å². The number of carbonyl (C=O) groups is 1. The summed E-state index contributed by atoms with van der Waals surface area (Å²) in [6.45, 7) is 3.69. The zero-order valence-corrected chi connectivity index (χ0v) is 14.3. The minimum absolute atomic E-state index is 0.107. The van der Waals surface area contributed by atoms with Crippen LogP contribution in [0, 0.1) is 5.82 Å². The molecule has 3 N–H and O–H groups in total. The van der Waals surface area contributed by atoms with E-state index >= 15 is 0 Å². The van der Waals surface area contributed by atoms with Crippen molar-refractivity contribution in [3.8, 4) is 0 Å². The van der Waals surface area contributed by atoms with Crippen molar-refractivity contribution in [3.05, 3.63) is 35.8 Å². The zero-order chi connectivity index (χ0) is 17.8. The van der Waals surface area contributed by atoms with Gasteiger partial charge in [-0.05, 0) is 43.5 Å². The lowest BCUT2D eigenvalue weighted by molar-refractivity contribution is -0.00425. The van der Waals surface area contributed by atoms with Gasteiger partial charge in [0.25, 0.3) is 0 Å². The molecule has 0 aliphatic carbocycles. The molecule has 0 saturated carbocycles. The summed E-state index contributed by atoms with van der Waals surface area (Å²) in [4.78, 5) is 17.2. The van der Waals surface area contributed by atoms with Gasteiger partial charge in [0, 0.05) is 30.2 Å². The number of halogens is 1. The molecule has 0 bridgehead atoms. The number of urea groups is 1. The molecule has 136 valence electrons. The summed E-state index contributed by atoms with van der Waals surface area (Å²) in [5.74, 6) is -0.273. The van der Waals surface area contributed by atoms with Gasteiger partial charge in [0.05, 0.1) is 25.4 Å². The molecular weight excluding hydrogens is 325 g/mol. The molecule has 1 aliphatic rings. The average molecular weight is 349 g/mol. The first-order valence-electron chi connectivity index (χ1n) is 8.60. The van der Waals surface area contributed by atoms with Gasteiger partial charge < -0.3 is 25.0 Å². The van der Waals surface area contributed by atoms with Gasteiger partial charge in [-0.2, -0.15) is 0 Å². The number of carbonyl (C=O) groups excluding carboxylic acids is 1. The summed E-state index contributed by atoms with van der Waals surface area (Å²) in [5, 5.41) is 13.5. The smallest absolute Gasteiger partial charge is 0.317 e. The Morgan fingerprint density at radius 1 is 1.56 bits per heavy atom. The number of nitrogens with zero attached hydrogens (tertiary/aromatic N) is 1. The normalized spacial score (nSPS) is 19.2. The quantitative estimate of drug-likeness (QED) is 0.773. The first kappa shape index (κ1) is 17.7. The molecule has 1 fully saturated rings. The van der Waals surface area contributed by atoms with Crippen molar-refractivity contribution in [1.29, 1.82) is 0 Å². The Labute approximate surface area is 146 Å². The number of aliphatic hydroxyl groups excluding tert-OH is 1. The van der Waals surface area contributed by atoms with E-state index in [1.165, 1.54) is 12.1 Å². The first-order valence-corrected chi connectivity index (χ1v) is 8.60. The van der Waals surface area contributed by atoms with Gasteiger partial charge in [0.1, 0.15) is 5.82 Å². The number of fused-ring (bicyclic) bond motifs is 1. The van der Waals surface area contributed by atoms with E-state index in [1.807, 2.05) is 6.20 Å². The molecule has 0 radical (unpaired) electrons. The van der Waals surface area contributed by atoms with Crippen LogP contribution in [-0.4, -0.2) is 59.5 Å². The number of H-pyrrole nitrogens is 1. The Hall–Kier alpha value is -2.12. The number of rotatable bonds is 5. The zero-order valence-electron chi connectivity index (χ0n) is 14.3. The molecule has 2 atom stereocenters. The predicted molar refractivity (Wildman–Crippen MR) is 93.0 cm³/mol. The van der Waals surface area contributed by atoms with Gasteiger partial charge in [-0.3, -0.25) is 0 Å². The number of hydrogen-bond acceptors (Lipinski definition) is 3. The Kier molecular flexibility index (Phi) is 5.55. The molecule has 25 heavy (non-hydrogen) atoms. The van der Waals surface area contributed by atoms with Gasteiger partial charge in [0.15, 0.2) is 0 Å². The standard InChI is InChI=1S/C18H24FN3O3/c1-12(23)8-15-11-25-7-6-22(15)18(24)20-5-4-13-10-21-17-9-14(19)2-3-16(13)17/h2-3,9-10,12,15,21,23H,4-8,11H2,1H3,(H,20,24)/t12-,15-/m1/s1. The predicted octanol–water partition coefficient (Wildman–Crippen LogP) is 2.03. The van der Waals surface area contributed by atoms with Gasteiger partial charge >= 0.3 is 6.03 Å². The third-order valence-electron chi connectivity index (χ3n) is 4.50. The van der Waals surface area contributed by atoms with Gasteiger partial charge in [0.2, 0.25) is 0 Å². The first-order chi connectivity index (χ1) is 12.0. The summed E-state index contributed by atoms with van der Waals surface area (Å²) in [6, 6.07) is 4.40. The maximum absolute atomic E-state index is 13.2. The molecular formula is C18H24FN3O3. The summed E-state index contributed by atoms with van der Waals surface area (Å²) in [6.07, 6.45) is 2.53. The molecule has 3 rings (SSSR count). The summed E-state index contributed by atoms with van der Waals surface area (Å²) in [5.41, 5.74) is 1.80. The summed E-state index contributed by atoms with van der Waals surface area (Å²) < 4.78 is 18.6. The molecule has 0 spiro atoms. The number of hydrogen-bond donors (Lipinski definition) is 3. The van der Waals surface area contributed by atoms with Crippen molar-refractivity contribution in [2.45, 2.75) is 31.9 Å². The fourth-order valence-electron chi connectivity index (χ4n) is 3.28. The van der Waals surface area contributed by atoms with Crippen molar-refractivity contribution in [1.82, 2.24) is 15.2 Å². The van der Waals surface area contributed by atoms with Crippen LogP contribution in [0.2, 0.25) is 0 Å². The maximum atomic E-state index is 13.2. The largest absolute Gasteiger partial charge is 0.393 e. The fraction of sp³-hybridized carbons (Fsp3) is 0.500. The van der Waals surface area contributed by atoms with Crippen LogP contribution in [0.15, 0.2) is 24.4 Å². The van der Waals surface area contributed by atoms with E-state index in [4.69, 9.17) is 4.74 Å². The van der Waals surface area contributed by atoms with E-state index in [2.05, 4.69) is 10.3 Å². The maximum Gasteiger partial charge on any atom is 0.317 e. The highest BCUT2D eigenvalue weighted by atomic mass is 19.1. The lowest BCUT2D eigenvalue weighted by Gasteiger charge is -2.36. The Morgan fingerprint density at radius 3 is 3.20 bits per heavy atom. The number of aromatic nitrogens is 1. The van der Waals surface area contributed by atoms with E-state index in [-0.39, 0.29) is 17.9 Å². The number of nitrogens with one attached hydrogen (secondary N) is 2. The average Bonchev–Trinajstić information content (AvgIpc) is 2.97. The Bertz CT molecular complexity index is 731. The van der Waals surface area contributed by atoms with Crippen molar-refractivity contribution >= 4 is 16.9 Å². The molecule has 1 aromatic carbocycles. The Morgan fingerprint density at radius 2 is 2.40 bits per heavy atom. The van der Waals surface area contributed by atoms with Gasteiger partial charge in [-0.25, -0.2) is 9.18 Å². The number of amides is 2. The number of aliphatic hydroxyl groups is 1. The number of ether oxygens (including phenoxy) is 1. The topological polar surface area (TPSA) is 77.6 Å². The molecule has 2 heterocycles. The van der Waals surface area contributed by atoms with Crippen LogP contribution in [0.25, 0.3) is 10.9 Å². The van der Waals surface area contributed by atoms with Crippen LogP contribution in [0.5, 0.6) is 0 Å². The van der Waals surface area contributed by atoms with Gasteiger partial charge in [-0.1, -0.05) is 0 Å². The lowest BCUT2D eigenvalue weighted by Crippen LogP contribution is -2.53. The molecule has 1 saturated heterocycles. The monoisotopic (exact) mass is 349 g/mol. The van der Waals surface area contributed by atoms with Crippen molar-refractivity contribution in [3.63, 3.8) is 0 Å². The van der Waals surface area contributed by atoms with E-state index < -0.39 is 6.10 Å². The highest BCUT2D eigenvalue weighted by Gasteiger charge is 2.28. The third-order valence-corrected chi connectivity index (χ3v) is 4.50. The van der Waals surface area contributed by atoms with Crippen LogP contribution in [0.4, 0.5) is 9.18 Å². The van der Waals surface area contributed by atoms with Crippen molar-refractivity contribution < 1.29 is 19.0 Å². The molecule has 2 aromatic rings. The third kappa shape index (κ3) is 4.29. The van der Waals surface area contributed by atoms with Crippen LogP contribution < -0.4 is 5.32 Å². The minimum Gasteiger partial charge on any atom is -0.393 e. The molecule has 7 heteroatoms. The molecule has 6 nitrogen and oxygen atoms in total. The lowest BCUT2D eigenvalue weighted by atomic mass is 10.1. The second-order valence-corrected chi connectivity index (χ2v) is 6.49. The number of morpholine rings is 1. The van der Waals surface area contributed by atoms with Gasteiger partial charge in [-0.15, -0.1) is 0 Å². The van der Waals surface area contributed by atoms with Crippen molar-refractivity contribution in [2.24, 2.45) is 0 Å². The summed E-state index contributed by atoms with van der Waals surface area (Å²) in [7, 11) is 0. The molecule has 2 amide bonds. The SMILES string of the molecule is C[C@@H](O)C[C@@H]1COCCN1C(=O)NCCc1c[nH]c2cc(F)ccc12. The van der Waals surface area contributed by atoms with E-state index in [1.54, 1.807) is 17.9 Å². The van der Waals surface area contributed by atoms with Crippen LogP contribution >= 0.6 is 0 Å². The second-order valence-electron chi connectivity index (χ2n) is 6.49. The highest BCUT2D eigenvalue weighted by molar-refractivity contribution is 5.83. The van der Waals surface area contributed by atoms with Crippen LogP contribution in [0.3, 0.4) is 0 Å². The second kappa shape index (κ2) is 7.84. The highest BCUT2D eigenvalue weighted by Crippen LogP contribution is 2.19. The summed E-state index contributed by atoms with van der Waals surface area (Å²) >= 11 is 0. The van der Waals surface area contributed by atoms with E-state index in [9.17, 15) is 14.3 Å².